The fourth-order valence-electron chi connectivity index (χ4n) is 2.09. The fraction of sp³-hybridized carbons (Fsp3) is 0. The van der Waals surface area contributed by atoms with Crippen LogP contribution in [0.2, 0.25) is 10.0 Å². The molecule has 0 unspecified atom stereocenters. The summed E-state index contributed by atoms with van der Waals surface area (Å²) in [5.41, 5.74) is 0. The number of hydrogen-bond acceptors (Lipinski definition) is 0. The first-order valence-corrected chi connectivity index (χ1v) is 7.57. The van der Waals surface area contributed by atoms with Gasteiger partial charge < -0.3 is 0 Å². The molecule has 0 N–H and O–H groups in total. The van der Waals surface area contributed by atoms with Crippen molar-refractivity contribution in [2.45, 2.75) is 0 Å². The van der Waals surface area contributed by atoms with Crippen LogP contribution in [0.3, 0.4) is 0 Å². The second kappa shape index (κ2) is 4.68. The minimum absolute atomic E-state index is 0.686. The normalized spacial score (nSPS) is 11.3. The highest BCUT2D eigenvalue weighted by Crippen LogP contribution is 2.38. The molecule has 0 aromatic heterocycles. The lowest BCUT2D eigenvalue weighted by molar-refractivity contribution is 1.70. The first-order valence-electron chi connectivity index (χ1n) is 5.23. The van der Waals surface area contributed by atoms with Crippen LogP contribution in [0.4, 0.5) is 0 Å². The summed E-state index contributed by atoms with van der Waals surface area (Å²) in [5, 5.41) is 5.71. The molecule has 3 rings (SSSR count). The van der Waals surface area contributed by atoms with Crippen LogP contribution >= 0.6 is 55.1 Å². The van der Waals surface area contributed by atoms with Gasteiger partial charge in [-0.25, -0.2) is 0 Å². The number of benzene rings is 3. The quantitative estimate of drug-likeness (QED) is 0.360. The van der Waals surface area contributed by atoms with Gasteiger partial charge in [-0.3, -0.25) is 0 Å². The second-order valence-electron chi connectivity index (χ2n) is 4.00. The van der Waals surface area contributed by atoms with E-state index in [-0.39, 0.29) is 0 Å². The molecule has 3 aromatic rings. The van der Waals surface area contributed by atoms with Crippen molar-refractivity contribution in [3.63, 3.8) is 0 Å². The lowest BCUT2D eigenvalue weighted by atomic mass is 10.0. The van der Waals surface area contributed by atoms with Crippen molar-refractivity contribution in [1.29, 1.82) is 0 Å². The SMILES string of the molecule is Clc1cc2c(ccc3c(Br)ccc(Cl)c32)cc1Br. The Morgan fingerprint density at radius 3 is 2.28 bits per heavy atom. The molecule has 4 heteroatoms. The molecule has 0 radical (unpaired) electrons. The highest BCUT2D eigenvalue weighted by atomic mass is 79.9. The topological polar surface area (TPSA) is 0 Å². The number of hydrogen-bond donors (Lipinski definition) is 0. The molecule has 0 atom stereocenters. The zero-order chi connectivity index (χ0) is 12.9. The maximum Gasteiger partial charge on any atom is 0.0554 e. The number of halogens is 4. The molecular formula is C14H6Br2Cl2. The Kier molecular flexibility index (Phi) is 3.31. The van der Waals surface area contributed by atoms with Crippen molar-refractivity contribution in [2.75, 3.05) is 0 Å². The zero-order valence-electron chi connectivity index (χ0n) is 8.98. The van der Waals surface area contributed by atoms with Gasteiger partial charge in [0.05, 0.1) is 5.02 Å². The minimum atomic E-state index is 0.686. The maximum atomic E-state index is 6.32. The van der Waals surface area contributed by atoms with Crippen molar-refractivity contribution in [3.8, 4) is 0 Å². The van der Waals surface area contributed by atoms with Gasteiger partial charge in [0, 0.05) is 19.4 Å². The van der Waals surface area contributed by atoms with E-state index in [1.54, 1.807) is 0 Å². The van der Waals surface area contributed by atoms with E-state index in [9.17, 15) is 0 Å². The molecule has 0 aliphatic rings. The summed E-state index contributed by atoms with van der Waals surface area (Å²) in [6, 6.07) is 11.9. The standard InChI is InChI=1S/C14H6Br2Cl2/c15-10-3-4-12(17)14-8(10)2-1-7-5-11(16)13(18)6-9(7)14/h1-6H. The molecule has 3 aromatic carbocycles. The molecule has 0 bridgehead atoms. The molecule has 18 heavy (non-hydrogen) atoms. The van der Waals surface area contributed by atoms with Gasteiger partial charge in [0.2, 0.25) is 0 Å². The van der Waals surface area contributed by atoms with Gasteiger partial charge in [-0.1, -0.05) is 51.3 Å². The molecule has 0 fully saturated rings. The van der Waals surface area contributed by atoms with Gasteiger partial charge >= 0.3 is 0 Å². The molecule has 0 heterocycles. The predicted molar refractivity (Wildman–Crippen MR) is 86.9 cm³/mol. The van der Waals surface area contributed by atoms with E-state index in [1.165, 1.54) is 0 Å². The third-order valence-electron chi connectivity index (χ3n) is 2.93. The Morgan fingerprint density at radius 2 is 1.50 bits per heavy atom. The summed E-state index contributed by atoms with van der Waals surface area (Å²) in [6.07, 6.45) is 0. The van der Waals surface area contributed by atoms with Crippen LogP contribution in [0.1, 0.15) is 0 Å². The van der Waals surface area contributed by atoms with E-state index < -0.39 is 0 Å². The number of fused-ring (bicyclic) bond motifs is 3. The summed E-state index contributed by atoms with van der Waals surface area (Å²) < 4.78 is 1.92. The molecule has 0 aliphatic carbocycles. The van der Waals surface area contributed by atoms with Gasteiger partial charge in [0.25, 0.3) is 0 Å². The van der Waals surface area contributed by atoms with Gasteiger partial charge in [-0.15, -0.1) is 0 Å². The zero-order valence-corrected chi connectivity index (χ0v) is 13.7. The highest BCUT2D eigenvalue weighted by molar-refractivity contribution is 9.11. The van der Waals surface area contributed by atoms with E-state index >= 15 is 0 Å². The van der Waals surface area contributed by atoms with Crippen LogP contribution in [0, 0.1) is 0 Å². The van der Waals surface area contributed by atoms with Crippen LogP contribution in [0.15, 0.2) is 45.3 Å². The van der Waals surface area contributed by atoms with E-state index in [0.717, 1.165) is 35.5 Å². The third kappa shape index (κ3) is 1.96. The molecule has 0 saturated heterocycles. The van der Waals surface area contributed by atoms with Crippen LogP contribution in [-0.2, 0) is 0 Å². The van der Waals surface area contributed by atoms with E-state index in [4.69, 9.17) is 23.2 Å². The molecule has 0 amide bonds. The summed E-state index contributed by atoms with van der Waals surface area (Å²) in [4.78, 5) is 0. The Morgan fingerprint density at radius 1 is 0.722 bits per heavy atom. The Labute approximate surface area is 131 Å². The van der Waals surface area contributed by atoms with Crippen LogP contribution in [0.5, 0.6) is 0 Å². The van der Waals surface area contributed by atoms with Crippen molar-refractivity contribution >= 4 is 76.6 Å². The van der Waals surface area contributed by atoms with E-state index in [1.807, 2.05) is 24.3 Å². The molecular weight excluding hydrogens is 399 g/mol. The summed E-state index contributed by atoms with van der Waals surface area (Å²) >= 11 is 19.5. The third-order valence-corrected chi connectivity index (χ3v) is 5.14. The Balaban J connectivity index is 2.60. The smallest absolute Gasteiger partial charge is 0.0554 e. The van der Waals surface area contributed by atoms with Gasteiger partial charge in [0.15, 0.2) is 0 Å². The van der Waals surface area contributed by atoms with Crippen LogP contribution in [-0.4, -0.2) is 0 Å². The monoisotopic (exact) mass is 402 g/mol. The lowest BCUT2D eigenvalue weighted by Gasteiger charge is -2.09. The van der Waals surface area contributed by atoms with Crippen molar-refractivity contribution in [2.24, 2.45) is 0 Å². The Bertz CT molecular complexity index is 782. The Hall–Kier alpha value is -0.280. The molecule has 0 aliphatic heterocycles. The van der Waals surface area contributed by atoms with Gasteiger partial charge in [0.1, 0.15) is 0 Å². The first kappa shape index (κ1) is 12.7. The maximum absolute atomic E-state index is 6.32. The average molecular weight is 405 g/mol. The molecule has 90 valence electrons. The predicted octanol–water partition coefficient (Wildman–Crippen LogP) is 6.82. The average Bonchev–Trinajstić information content (AvgIpc) is 2.35. The minimum Gasteiger partial charge on any atom is -0.0836 e. The van der Waals surface area contributed by atoms with Gasteiger partial charge in [-0.05, 0) is 56.4 Å². The first-order chi connectivity index (χ1) is 8.58. The van der Waals surface area contributed by atoms with Crippen molar-refractivity contribution in [1.82, 2.24) is 0 Å². The summed E-state index contributed by atoms with van der Waals surface area (Å²) in [7, 11) is 0. The lowest BCUT2D eigenvalue weighted by Crippen LogP contribution is -1.82. The van der Waals surface area contributed by atoms with E-state index in [0.29, 0.717) is 5.02 Å². The summed E-state index contributed by atoms with van der Waals surface area (Å²) in [5.74, 6) is 0. The van der Waals surface area contributed by atoms with Gasteiger partial charge in [-0.2, -0.15) is 0 Å². The highest BCUT2D eigenvalue weighted by Gasteiger charge is 2.09. The van der Waals surface area contributed by atoms with E-state index in [2.05, 4.69) is 44.0 Å². The second-order valence-corrected chi connectivity index (χ2v) is 6.53. The molecule has 0 spiro atoms. The molecule has 0 nitrogen and oxygen atoms in total. The van der Waals surface area contributed by atoms with Crippen molar-refractivity contribution in [3.05, 3.63) is 55.4 Å². The van der Waals surface area contributed by atoms with Crippen LogP contribution < -0.4 is 0 Å². The fourth-order valence-corrected chi connectivity index (χ4v) is 3.35. The summed E-state index contributed by atoms with van der Waals surface area (Å²) in [6.45, 7) is 0. The van der Waals surface area contributed by atoms with Crippen molar-refractivity contribution < 1.29 is 0 Å². The largest absolute Gasteiger partial charge is 0.0836 e. The van der Waals surface area contributed by atoms with Crippen LogP contribution in [0.25, 0.3) is 21.5 Å². The number of rotatable bonds is 0. The molecule has 0 saturated carbocycles.